The van der Waals surface area contributed by atoms with Gasteiger partial charge in [0.25, 0.3) is 0 Å². The van der Waals surface area contributed by atoms with Gasteiger partial charge in [-0.15, -0.1) is 11.8 Å². The minimum atomic E-state index is -0.0359. The molecule has 0 spiro atoms. The summed E-state index contributed by atoms with van der Waals surface area (Å²) in [6.07, 6.45) is 7.71. The number of hydrogen-bond donors (Lipinski definition) is 1. The van der Waals surface area contributed by atoms with E-state index in [0.717, 1.165) is 12.8 Å². The van der Waals surface area contributed by atoms with Gasteiger partial charge in [-0.25, -0.2) is 0 Å². The van der Waals surface area contributed by atoms with Gasteiger partial charge in [0.15, 0.2) is 0 Å². The molecule has 10 heavy (non-hydrogen) atoms. The summed E-state index contributed by atoms with van der Waals surface area (Å²) in [6.45, 7) is 0. The van der Waals surface area contributed by atoms with Crippen molar-refractivity contribution in [1.29, 1.82) is 0 Å². The summed E-state index contributed by atoms with van der Waals surface area (Å²) < 4.78 is 0. The maximum Gasteiger partial charge on any atom is 0.0662 e. The van der Waals surface area contributed by atoms with Crippen LogP contribution < -0.4 is 0 Å². The van der Waals surface area contributed by atoms with Gasteiger partial charge in [-0.05, 0) is 19.3 Å². The highest BCUT2D eigenvalue weighted by molar-refractivity contribution is 8.00. The van der Waals surface area contributed by atoms with E-state index in [9.17, 15) is 5.11 Å². The second kappa shape index (κ2) is 2.59. The van der Waals surface area contributed by atoms with Gasteiger partial charge in [-0.3, -0.25) is 0 Å². The average Bonchev–Trinajstić information content (AvgIpc) is 1.99. The number of aliphatic hydroxyl groups excluding tert-OH is 1. The highest BCUT2D eigenvalue weighted by Crippen LogP contribution is 2.37. The van der Waals surface area contributed by atoms with Crippen LogP contribution in [0.3, 0.4) is 0 Å². The third kappa shape index (κ3) is 1.10. The molecular formula is C8H12OS. The Morgan fingerprint density at radius 1 is 1.40 bits per heavy atom. The lowest BCUT2D eigenvalue weighted by Crippen LogP contribution is -2.32. The lowest BCUT2D eigenvalue weighted by molar-refractivity contribution is 0.153. The molecule has 0 amide bonds. The predicted octanol–water partition coefficient (Wildman–Crippen LogP) is 1.57. The van der Waals surface area contributed by atoms with Gasteiger partial charge >= 0.3 is 0 Å². The minimum absolute atomic E-state index is 0.0359. The molecule has 2 bridgehead atoms. The fourth-order valence-corrected chi connectivity index (χ4v) is 3.09. The quantitative estimate of drug-likeness (QED) is 0.537. The van der Waals surface area contributed by atoms with Crippen LogP contribution in [0.25, 0.3) is 0 Å². The van der Waals surface area contributed by atoms with Crippen LogP contribution in [0.15, 0.2) is 12.2 Å². The number of allylic oxidation sites excluding steroid dienone is 1. The van der Waals surface area contributed by atoms with Gasteiger partial charge in [-0.1, -0.05) is 12.2 Å². The molecule has 2 heteroatoms. The van der Waals surface area contributed by atoms with Crippen LogP contribution in [0, 0.1) is 0 Å². The molecule has 2 heterocycles. The molecule has 0 aliphatic carbocycles. The lowest BCUT2D eigenvalue weighted by Gasteiger charge is -2.33. The van der Waals surface area contributed by atoms with E-state index in [0.29, 0.717) is 10.5 Å². The molecule has 2 aliphatic rings. The van der Waals surface area contributed by atoms with Crippen molar-refractivity contribution < 1.29 is 5.11 Å². The Labute approximate surface area is 65.5 Å². The number of thioether (sulfide) groups is 1. The molecular weight excluding hydrogens is 144 g/mol. The van der Waals surface area contributed by atoms with Gasteiger partial charge < -0.3 is 5.11 Å². The zero-order valence-electron chi connectivity index (χ0n) is 5.86. The topological polar surface area (TPSA) is 20.2 Å². The normalized spacial score (nSPS) is 45.5. The monoisotopic (exact) mass is 156 g/mol. The Morgan fingerprint density at radius 3 is 3.10 bits per heavy atom. The van der Waals surface area contributed by atoms with E-state index in [2.05, 4.69) is 12.2 Å². The highest BCUT2D eigenvalue weighted by atomic mass is 32.2. The van der Waals surface area contributed by atoms with E-state index in [-0.39, 0.29) is 6.10 Å². The van der Waals surface area contributed by atoms with E-state index in [1.54, 1.807) is 0 Å². The zero-order chi connectivity index (χ0) is 6.97. The molecule has 0 radical (unpaired) electrons. The Morgan fingerprint density at radius 2 is 2.30 bits per heavy atom. The van der Waals surface area contributed by atoms with Gasteiger partial charge in [0.1, 0.15) is 0 Å². The Bertz CT molecular complexity index is 155. The first kappa shape index (κ1) is 6.74. The van der Waals surface area contributed by atoms with Crippen molar-refractivity contribution in [3.8, 4) is 0 Å². The standard InChI is InChI=1S/C8H12OS/c9-7-5-4-6-2-1-3-8(7)10-6/h1-2,6-9H,3-5H2/t6-,7+,8-/m0/s1. The largest absolute Gasteiger partial charge is 0.392 e. The van der Waals surface area contributed by atoms with E-state index in [4.69, 9.17) is 0 Å². The number of hydrogen-bond acceptors (Lipinski definition) is 2. The zero-order valence-corrected chi connectivity index (χ0v) is 6.68. The second-order valence-electron chi connectivity index (χ2n) is 3.02. The van der Waals surface area contributed by atoms with Crippen molar-refractivity contribution in [1.82, 2.24) is 0 Å². The van der Waals surface area contributed by atoms with Crippen LogP contribution in [0.2, 0.25) is 0 Å². The minimum Gasteiger partial charge on any atom is -0.392 e. The smallest absolute Gasteiger partial charge is 0.0662 e. The van der Waals surface area contributed by atoms with E-state index >= 15 is 0 Å². The molecule has 3 atom stereocenters. The number of fused-ring (bicyclic) bond motifs is 2. The summed E-state index contributed by atoms with van der Waals surface area (Å²) in [5.74, 6) is 0. The SMILES string of the molecule is O[C@@H]1CC[C@@H]2C=CC[C@@H]1S2. The third-order valence-electron chi connectivity index (χ3n) is 2.24. The molecule has 0 unspecified atom stereocenters. The van der Waals surface area contributed by atoms with E-state index in [1.165, 1.54) is 6.42 Å². The number of aliphatic hydroxyl groups is 1. The molecule has 0 aromatic carbocycles. The summed E-state index contributed by atoms with van der Waals surface area (Å²) in [5, 5.41) is 10.7. The van der Waals surface area contributed by atoms with Crippen molar-refractivity contribution in [2.45, 2.75) is 35.9 Å². The summed E-state index contributed by atoms with van der Waals surface area (Å²) >= 11 is 1.94. The van der Waals surface area contributed by atoms with Crippen molar-refractivity contribution in [2.24, 2.45) is 0 Å². The fraction of sp³-hybridized carbons (Fsp3) is 0.750. The van der Waals surface area contributed by atoms with Crippen LogP contribution in [-0.4, -0.2) is 21.7 Å². The molecule has 1 N–H and O–H groups in total. The molecule has 1 saturated heterocycles. The summed E-state index contributed by atoms with van der Waals surface area (Å²) in [7, 11) is 0. The van der Waals surface area contributed by atoms with Crippen LogP contribution in [-0.2, 0) is 0 Å². The van der Waals surface area contributed by atoms with Crippen LogP contribution >= 0.6 is 11.8 Å². The second-order valence-corrected chi connectivity index (χ2v) is 4.50. The molecule has 2 rings (SSSR count). The predicted molar refractivity (Wildman–Crippen MR) is 44.2 cm³/mol. The van der Waals surface area contributed by atoms with Gasteiger partial charge in [0.05, 0.1) is 6.10 Å². The van der Waals surface area contributed by atoms with Crippen molar-refractivity contribution in [3.63, 3.8) is 0 Å². The Kier molecular flexibility index (Phi) is 1.75. The van der Waals surface area contributed by atoms with Crippen LogP contribution in [0.1, 0.15) is 19.3 Å². The average molecular weight is 156 g/mol. The van der Waals surface area contributed by atoms with Crippen molar-refractivity contribution in [2.75, 3.05) is 0 Å². The van der Waals surface area contributed by atoms with Crippen molar-refractivity contribution >= 4 is 11.8 Å². The maximum absolute atomic E-state index is 9.47. The molecule has 0 aromatic rings. The first-order chi connectivity index (χ1) is 4.86. The molecule has 2 aliphatic heterocycles. The van der Waals surface area contributed by atoms with Crippen LogP contribution in [0.4, 0.5) is 0 Å². The van der Waals surface area contributed by atoms with E-state index in [1.807, 2.05) is 11.8 Å². The summed E-state index contributed by atoms with van der Waals surface area (Å²) in [4.78, 5) is 0. The highest BCUT2D eigenvalue weighted by Gasteiger charge is 2.29. The molecule has 0 aromatic heterocycles. The molecule has 1 fully saturated rings. The molecule has 56 valence electrons. The molecule has 0 saturated carbocycles. The van der Waals surface area contributed by atoms with Gasteiger partial charge in [0.2, 0.25) is 0 Å². The third-order valence-corrected chi connectivity index (χ3v) is 3.84. The fourth-order valence-electron chi connectivity index (χ4n) is 1.62. The first-order valence-electron chi connectivity index (χ1n) is 3.86. The van der Waals surface area contributed by atoms with Crippen LogP contribution in [0.5, 0.6) is 0 Å². The number of rotatable bonds is 0. The van der Waals surface area contributed by atoms with E-state index < -0.39 is 0 Å². The summed E-state index contributed by atoms with van der Waals surface area (Å²) in [6, 6.07) is 0. The Balaban J connectivity index is 2.11. The molecule has 1 nitrogen and oxygen atoms in total. The van der Waals surface area contributed by atoms with Gasteiger partial charge in [0, 0.05) is 10.5 Å². The lowest BCUT2D eigenvalue weighted by atomic mass is 10.0. The van der Waals surface area contributed by atoms with Gasteiger partial charge in [-0.2, -0.15) is 0 Å². The van der Waals surface area contributed by atoms with Crippen molar-refractivity contribution in [3.05, 3.63) is 12.2 Å². The first-order valence-corrected chi connectivity index (χ1v) is 4.81. The maximum atomic E-state index is 9.47. The summed E-state index contributed by atoms with van der Waals surface area (Å²) in [5.41, 5.74) is 0. The Hall–Kier alpha value is 0.0500.